The normalized spacial score (nSPS) is 14.9. The van der Waals surface area contributed by atoms with Crippen LogP contribution in [0.3, 0.4) is 0 Å². The van der Waals surface area contributed by atoms with Gasteiger partial charge < -0.3 is 10.2 Å². The quantitative estimate of drug-likeness (QED) is 0.617. The van der Waals surface area contributed by atoms with Gasteiger partial charge in [-0.25, -0.2) is 4.79 Å². The summed E-state index contributed by atoms with van der Waals surface area (Å²) in [5.41, 5.74) is 6.59. The van der Waals surface area contributed by atoms with Gasteiger partial charge in [-0.2, -0.15) is 0 Å². The maximum Gasteiger partial charge on any atom is 0.413 e. The topological polar surface area (TPSA) is 62.4 Å². The number of allylic oxidation sites excluding steroid dienone is 2. The molecule has 0 aromatic heterocycles. The highest BCUT2D eigenvalue weighted by atomic mass is 16.6. The van der Waals surface area contributed by atoms with Crippen LogP contribution in [0, 0.1) is 0 Å². The Kier molecular flexibility index (Phi) is 3.39. The molecule has 0 aromatic carbocycles. The standard InChI is InChI=1S/C9H15N3O2/c1-6(2)14-9(13)11-8-4-7(3)5-10-12-8/h4-6,10,12H,1-3H3,(H,11,13). The van der Waals surface area contributed by atoms with Gasteiger partial charge in [0.1, 0.15) is 5.82 Å². The van der Waals surface area contributed by atoms with Crippen molar-refractivity contribution in [1.82, 2.24) is 16.2 Å². The van der Waals surface area contributed by atoms with E-state index in [4.69, 9.17) is 4.74 Å². The number of nitrogens with one attached hydrogen (secondary N) is 3. The number of hydrazine groups is 1. The molecule has 0 saturated carbocycles. The van der Waals surface area contributed by atoms with Crippen molar-refractivity contribution >= 4 is 6.09 Å². The molecule has 1 aliphatic heterocycles. The maximum absolute atomic E-state index is 11.2. The maximum atomic E-state index is 11.2. The summed E-state index contributed by atoms with van der Waals surface area (Å²) in [7, 11) is 0. The molecule has 5 heteroatoms. The Morgan fingerprint density at radius 2 is 2.29 bits per heavy atom. The first-order chi connectivity index (χ1) is 6.58. The minimum absolute atomic E-state index is 0.121. The highest BCUT2D eigenvalue weighted by molar-refractivity contribution is 5.69. The predicted octanol–water partition coefficient (Wildman–Crippen LogP) is 0.974. The third-order valence-corrected chi connectivity index (χ3v) is 1.46. The number of hydrogen-bond acceptors (Lipinski definition) is 4. The second kappa shape index (κ2) is 4.55. The molecule has 0 atom stereocenters. The van der Waals surface area contributed by atoms with Gasteiger partial charge in [0, 0.05) is 6.20 Å². The fourth-order valence-electron chi connectivity index (χ4n) is 0.954. The van der Waals surface area contributed by atoms with E-state index in [0.29, 0.717) is 5.82 Å². The van der Waals surface area contributed by atoms with Crippen molar-refractivity contribution in [3.05, 3.63) is 23.7 Å². The van der Waals surface area contributed by atoms with Gasteiger partial charge in [-0.1, -0.05) is 0 Å². The molecule has 0 aliphatic carbocycles. The van der Waals surface area contributed by atoms with Crippen LogP contribution in [0.25, 0.3) is 0 Å². The van der Waals surface area contributed by atoms with Crippen LogP contribution in [-0.4, -0.2) is 12.2 Å². The van der Waals surface area contributed by atoms with Crippen LogP contribution in [0.2, 0.25) is 0 Å². The molecule has 1 aliphatic rings. The lowest BCUT2D eigenvalue weighted by molar-refractivity contribution is 0.117. The molecule has 0 bridgehead atoms. The van der Waals surface area contributed by atoms with Gasteiger partial charge in [-0.15, -0.1) is 0 Å². The van der Waals surface area contributed by atoms with Crippen LogP contribution < -0.4 is 16.2 Å². The average molecular weight is 197 g/mol. The number of carbonyl (C=O) groups excluding carboxylic acids is 1. The zero-order valence-corrected chi connectivity index (χ0v) is 8.55. The molecule has 1 heterocycles. The molecular formula is C9H15N3O2. The number of alkyl carbamates (subject to hydrolysis) is 1. The summed E-state index contributed by atoms with van der Waals surface area (Å²) in [6.07, 6.45) is 3.01. The minimum Gasteiger partial charge on any atom is -0.447 e. The summed E-state index contributed by atoms with van der Waals surface area (Å²) in [4.78, 5) is 11.2. The van der Waals surface area contributed by atoms with Crippen molar-refractivity contribution in [1.29, 1.82) is 0 Å². The molecule has 0 unspecified atom stereocenters. The van der Waals surface area contributed by atoms with Gasteiger partial charge in [0.15, 0.2) is 0 Å². The molecule has 1 rings (SSSR count). The molecule has 3 N–H and O–H groups in total. The van der Waals surface area contributed by atoms with Gasteiger partial charge in [-0.3, -0.25) is 10.7 Å². The van der Waals surface area contributed by atoms with Gasteiger partial charge in [0.25, 0.3) is 0 Å². The molecule has 5 nitrogen and oxygen atoms in total. The van der Waals surface area contributed by atoms with E-state index in [1.165, 1.54) is 0 Å². The van der Waals surface area contributed by atoms with E-state index < -0.39 is 6.09 Å². The SMILES string of the molecule is CC1=CNNC(NC(=O)OC(C)C)=C1. The Hall–Kier alpha value is -1.65. The Morgan fingerprint density at radius 3 is 2.86 bits per heavy atom. The molecular weight excluding hydrogens is 182 g/mol. The summed E-state index contributed by atoms with van der Waals surface area (Å²) in [5.74, 6) is 0.579. The Labute approximate surface area is 83.2 Å². The van der Waals surface area contributed by atoms with Gasteiger partial charge in [-0.05, 0) is 32.4 Å². The highest BCUT2D eigenvalue weighted by Crippen LogP contribution is 2.00. The van der Waals surface area contributed by atoms with E-state index in [-0.39, 0.29) is 6.10 Å². The Bertz CT molecular complexity index is 282. The van der Waals surface area contributed by atoms with Crippen molar-refractivity contribution in [3.63, 3.8) is 0 Å². The first-order valence-corrected chi connectivity index (χ1v) is 4.45. The van der Waals surface area contributed by atoms with Crippen LogP contribution in [0.4, 0.5) is 4.79 Å². The molecule has 0 radical (unpaired) electrons. The molecule has 0 aromatic rings. The van der Waals surface area contributed by atoms with E-state index in [1.54, 1.807) is 26.1 Å². The van der Waals surface area contributed by atoms with Crippen molar-refractivity contribution in [2.75, 3.05) is 0 Å². The summed E-state index contributed by atoms with van der Waals surface area (Å²) >= 11 is 0. The predicted molar refractivity (Wildman–Crippen MR) is 52.9 cm³/mol. The Balaban J connectivity index is 2.44. The summed E-state index contributed by atoms with van der Waals surface area (Å²) in [6, 6.07) is 0. The fraction of sp³-hybridized carbons (Fsp3) is 0.444. The van der Waals surface area contributed by atoms with Crippen LogP contribution in [-0.2, 0) is 4.74 Å². The van der Waals surface area contributed by atoms with Crippen LogP contribution >= 0.6 is 0 Å². The third-order valence-electron chi connectivity index (χ3n) is 1.46. The summed E-state index contributed by atoms with van der Waals surface area (Å²) < 4.78 is 4.91. The number of rotatable bonds is 2. The second-order valence-corrected chi connectivity index (χ2v) is 3.29. The van der Waals surface area contributed by atoms with Crippen LogP contribution in [0.15, 0.2) is 23.7 Å². The van der Waals surface area contributed by atoms with Crippen LogP contribution in [0.1, 0.15) is 20.8 Å². The first kappa shape index (κ1) is 10.4. The zero-order chi connectivity index (χ0) is 10.6. The molecule has 78 valence electrons. The lowest BCUT2D eigenvalue weighted by atomic mass is 10.3. The van der Waals surface area contributed by atoms with Crippen molar-refractivity contribution in [2.24, 2.45) is 0 Å². The van der Waals surface area contributed by atoms with E-state index in [1.807, 2.05) is 6.92 Å². The molecule has 0 fully saturated rings. The van der Waals surface area contributed by atoms with Crippen molar-refractivity contribution in [3.8, 4) is 0 Å². The average Bonchev–Trinajstić information content (AvgIpc) is 2.01. The number of hydrogen-bond donors (Lipinski definition) is 3. The molecule has 1 amide bonds. The number of carbonyl (C=O) groups is 1. The van der Waals surface area contributed by atoms with E-state index in [9.17, 15) is 4.79 Å². The largest absolute Gasteiger partial charge is 0.447 e. The number of amides is 1. The van der Waals surface area contributed by atoms with E-state index >= 15 is 0 Å². The van der Waals surface area contributed by atoms with Crippen molar-refractivity contribution < 1.29 is 9.53 Å². The molecule has 14 heavy (non-hydrogen) atoms. The number of ether oxygens (including phenoxy) is 1. The third kappa shape index (κ3) is 3.38. The zero-order valence-electron chi connectivity index (χ0n) is 8.55. The van der Waals surface area contributed by atoms with Crippen molar-refractivity contribution in [2.45, 2.75) is 26.9 Å². The van der Waals surface area contributed by atoms with E-state index in [2.05, 4.69) is 16.2 Å². The lowest BCUT2D eigenvalue weighted by Crippen LogP contribution is -2.39. The lowest BCUT2D eigenvalue weighted by Gasteiger charge is -2.17. The second-order valence-electron chi connectivity index (χ2n) is 3.29. The summed E-state index contributed by atoms with van der Waals surface area (Å²) in [5, 5.41) is 2.57. The van der Waals surface area contributed by atoms with E-state index in [0.717, 1.165) is 5.57 Å². The molecule has 0 spiro atoms. The van der Waals surface area contributed by atoms with Gasteiger partial charge in [0.05, 0.1) is 6.10 Å². The highest BCUT2D eigenvalue weighted by Gasteiger charge is 2.08. The van der Waals surface area contributed by atoms with Gasteiger partial charge >= 0.3 is 6.09 Å². The van der Waals surface area contributed by atoms with Gasteiger partial charge in [0.2, 0.25) is 0 Å². The van der Waals surface area contributed by atoms with Crippen LogP contribution in [0.5, 0.6) is 0 Å². The molecule has 0 saturated heterocycles. The minimum atomic E-state index is -0.463. The first-order valence-electron chi connectivity index (χ1n) is 4.45. The Morgan fingerprint density at radius 1 is 1.57 bits per heavy atom. The monoisotopic (exact) mass is 197 g/mol. The smallest absolute Gasteiger partial charge is 0.413 e. The fourth-order valence-corrected chi connectivity index (χ4v) is 0.954. The summed E-state index contributed by atoms with van der Waals surface area (Å²) in [6.45, 7) is 5.51.